The summed E-state index contributed by atoms with van der Waals surface area (Å²) in [6, 6.07) is 11.8. The van der Waals surface area contributed by atoms with Crippen molar-refractivity contribution in [3.05, 3.63) is 59.2 Å². The summed E-state index contributed by atoms with van der Waals surface area (Å²) in [6.45, 7) is 1.25. The zero-order valence-corrected chi connectivity index (χ0v) is 16.1. The van der Waals surface area contributed by atoms with Crippen molar-refractivity contribution in [3.63, 3.8) is 0 Å². The fourth-order valence-electron chi connectivity index (χ4n) is 3.71. The van der Waals surface area contributed by atoms with Crippen LogP contribution in [0.5, 0.6) is 0 Å². The van der Waals surface area contributed by atoms with Gasteiger partial charge in [0.2, 0.25) is 0 Å². The summed E-state index contributed by atoms with van der Waals surface area (Å²) >= 11 is 0. The molecule has 1 N–H and O–H groups in total. The topological polar surface area (TPSA) is 84.9 Å². The first kappa shape index (κ1) is 19.1. The van der Waals surface area contributed by atoms with Crippen LogP contribution in [0.25, 0.3) is 0 Å². The molecule has 2 amide bonds. The number of fused-ring (bicyclic) bond motifs is 1. The Morgan fingerprint density at radius 3 is 2.55 bits per heavy atom. The van der Waals surface area contributed by atoms with Gasteiger partial charge in [-0.1, -0.05) is 6.07 Å². The fourth-order valence-corrected chi connectivity index (χ4v) is 3.71. The zero-order valence-electron chi connectivity index (χ0n) is 16.1. The molecule has 1 atom stereocenters. The van der Waals surface area contributed by atoms with Gasteiger partial charge < -0.3 is 19.7 Å². The lowest BCUT2D eigenvalue weighted by atomic mass is 10.1. The molecule has 4 rings (SSSR count). The van der Waals surface area contributed by atoms with Crippen LogP contribution in [0.4, 0.5) is 11.4 Å². The second kappa shape index (κ2) is 8.05. The lowest BCUT2D eigenvalue weighted by Gasteiger charge is -2.21. The lowest BCUT2D eigenvalue weighted by molar-refractivity contribution is -0.127. The van der Waals surface area contributed by atoms with Crippen molar-refractivity contribution >= 4 is 29.2 Å². The summed E-state index contributed by atoms with van der Waals surface area (Å²) in [6.07, 6.45) is 2.08. The average molecular weight is 394 g/mol. The van der Waals surface area contributed by atoms with E-state index in [4.69, 9.17) is 4.74 Å². The van der Waals surface area contributed by atoms with Gasteiger partial charge in [0.15, 0.2) is 0 Å². The molecule has 150 valence electrons. The van der Waals surface area contributed by atoms with Crippen molar-refractivity contribution in [3.8, 4) is 0 Å². The molecular weight excluding hydrogens is 372 g/mol. The molecule has 2 aliphatic heterocycles. The van der Waals surface area contributed by atoms with E-state index in [0.717, 1.165) is 30.5 Å². The van der Waals surface area contributed by atoms with Gasteiger partial charge in [0.05, 0.1) is 12.7 Å². The molecule has 2 aromatic carbocycles. The van der Waals surface area contributed by atoms with E-state index in [-0.39, 0.29) is 17.9 Å². The molecule has 1 unspecified atom stereocenters. The maximum Gasteiger partial charge on any atom is 0.337 e. The average Bonchev–Trinajstić information content (AvgIpc) is 3.43. The normalized spacial score (nSPS) is 17.7. The van der Waals surface area contributed by atoms with Gasteiger partial charge in [-0.05, 0) is 61.2 Å². The van der Waals surface area contributed by atoms with Gasteiger partial charge in [-0.3, -0.25) is 9.59 Å². The first-order valence-electron chi connectivity index (χ1n) is 9.62. The maximum absolute atomic E-state index is 12.8. The van der Waals surface area contributed by atoms with Gasteiger partial charge in [-0.15, -0.1) is 0 Å². The summed E-state index contributed by atoms with van der Waals surface area (Å²) in [5.74, 6) is -0.758. The van der Waals surface area contributed by atoms with Crippen LogP contribution in [0, 0.1) is 0 Å². The Morgan fingerprint density at radius 1 is 1.10 bits per heavy atom. The number of anilines is 2. The summed E-state index contributed by atoms with van der Waals surface area (Å²) in [5, 5.41) is 2.86. The van der Waals surface area contributed by atoms with Crippen LogP contribution >= 0.6 is 0 Å². The highest BCUT2D eigenvalue weighted by Gasteiger charge is 2.32. The number of methoxy groups -OCH3 is 1. The van der Waals surface area contributed by atoms with E-state index in [1.807, 2.05) is 18.2 Å². The number of nitrogens with one attached hydrogen (secondary N) is 1. The number of amides is 2. The summed E-state index contributed by atoms with van der Waals surface area (Å²) in [4.78, 5) is 38.6. The van der Waals surface area contributed by atoms with Crippen LogP contribution in [0.15, 0.2) is 42.5 Å². The van der Waals surface area contributed by atoms with Crippen molar-refractivity contribution < 1.29 is 23.9 Å². The van der Waals surface area contributed by atoms with Crippen LogP contribution in [-0.2, 0) is 20.7 Å². The quantitative estimate of drug-likeness (QED) is 0.806. The van der Waals surface area contributed by atoms with Gasteiger partial charge in [0, 0.05) is 30.1 Å². The molecule has 0 saturated carbocycles. The Labute approximate surface area is 168 Å². The van der Waals surface area contributed by atoms with Crippen molar-refractivity contribution in [1.82, 2.24) is 0 Å². The third-order valence-electron chi connectivity index (χ3n) is 5.28. The number of benzene rings is 2. The van der Waals surface area contributed by atoms with E-state index in [0.29, 0.717) is 30.0 Å². The smallest absolute Gasteiger partial charge is 0.337 e. The van der Waals surface area contributed by atoms with E-state index in [2.05, 4.69) is 10.1 Å². The molecule has 0 spiro atoms. The van der Waals surface area contributed by atoms with Crippen molar-refractivity contribution in [2.75, 3.05) is 30.5 Å². The van der Waals surface area contributed by atoms with Crippen LogP contribution in [-0.4, -0.2) is 44.1 Å². The fraction of sp³-hybridized carbons (Fsp3) is 0.318. The molecule has 0 aliphatic carbocycles. The molecule has 7 heteroatoms. The van der Waals surface area contributed by atoms with E-state index in [9.17, 15) is 14.4 Å². The Kier molecular flexibility index (Phi) is 5.31. The highest BCUT2D eigenvalue weighted by atomic mass is 16.5. The molecule has 2 heterocycles. The molecule has 2 aromatic rings. The van der Waals surface area contributed by atoms with Gasteiger partial charge >= 0.3 is 5.97 Å². The third kappa shape index (κ3) is 3.86. The second-order valence-electron chi connectivity index (χ2n) is 7.11. The minimum Gasteiger partial charge on any atom is -0.465 e. The third-order valence-corrected chi connectivity index (χ3v) is 5.28. The number of rotatable bonds is 4. The van der Waals surface area contributed by atoms with Crippen molar-refractivity contribution in [1.29, 1.82) is 0 Å². The highest BCUT2D eigenvalue weighted by Crippen LogP contribution is 2.32. The summed E-state index contributed by atoms with van der Waals surface area (Å²) in [5.41, 5.74) is 3.31. The number of hydrogen-bond acceptors (Lipinski definition) is 5. The van der Waals surface area contributed by atoms with Crippen LogP contribution < -0.4 is 10.2 Å². The summed E-state index contributed by atoms with van der Waals surface area (Å²) < 4.78 is 10.2. The molecule has 0 bridgehead atoms. The number of nitrogens with zero attached hydrogens (tertiary/aromatic N) is 1. The zero-order chi connectivity index (χ0) is 20.4. The van der Waals surface area contributed by atoms with Crippen LogP contribution in [0.1, 0.15) is 39.1 Å². The Bertz CT molecular complexity index is 948. The number of carbonyl (C=O) groups excluding carboxylic acids is 3. The molecule has 1 fully saturated rings. The maximum atomic E-state index is 12.8. The van der Waals surface area contributed by atoms with E-state index < -0.39 is 5.97 Å². The molecule has 7 nitrogen and oxygen atoms in total. The molecule has 0 radical (unpaired) electrons. The van der Waals surface area contributed by atoms with Crippen LogP contribution in [0.3, 0.4) is 0 Å². The first-order chi connectivity index (χ1) is 14.1. The molecular formula is C22H22N2O5. The molecule has 29 heavy (non-hydrogen) atoms. The van der Waals surface area contributed by atoms with E-state index >= 15 is 0 Å². The predicted molar refractivity (Wildman–Crippen MR) is 107 cm³/mol. The van der Waals surface area contributed by atoms with Crippen LogP contribution in [0.2, 0.25) is 0 Å². The molecule has 1 saturated heterocycles. The number of carbonyl (C=O) groups is 3. The van der Waals surface area contributed by atoms with Gasteiger partial charge in [0.1, 0.15) is 6.10 Å². The van der Waals surface area contributed by atoms with Gasteiger partial charge in [-0.25, -0.2) is 4.79 Å². The van der Waals surface area contributed by atoms with E-state index in [1.54, 1.807) is 29.2 Å². The number of esters is 1. The predicted octanol–water partition coefficient (Wildman–Crippen LogP) is 2.79. The summed E-state index contributed by atoms with van der Waals surface area (Å²) in [7, 11) is 1.31. The second-order valence-corrected chi connectivity index (χ2v) is 7.11. The SMILES string of the molecule is COC(=O)c1ccc(C(=O)Nc2ccc3c(c2)N(C(=O)C2CCCO2)CC3)cc1. The monoisotopic (exact) mass is 394 g/mol. The minimum atomic E-state index is -0.452. The van der Waals surface area contributed by atoms with Gasteiger partial charge in [-0.2, -0.15) is 0 Å². The number of hydrogen-bond donors (Lipinski definition) is 1. The standard InChI is InChI=1S/C22H22N2O5/c1-28-22(27)16-6-4-15(5-7-16)20(25)23-17-9-8-14-10-11-24(18(14)13-17)21(26)19-3-2-12-29-19/h4-9,13,19H,2-3,10-12H2,1H3,(H,23,25). The Morgan fingerprint density at radius 2 is 1.86 bits per heavy atom. The van der Waals surface area contributed by atoms with Crippen molar-refractivity contribution in [2.24, 2.45) is 0 Å². The minimum absolute atomic E-state index is 0.0110. The molecule has 0 aromatic heterocycles. The molecule has 2 aliphatic rings. The Hall–Kier alpha value is -3.19. The Balaban J connectivity index is 1.49. The van der Waals surface area contributed by atoms with E-state index in [1.165, 1.54) is 7.11 Å². The largest absolute Gasteiger partial charge is 0.465 e. The highest BCUT2D eigenvalue weighted by molar-refractivity contribution is 6.06. The number of ether oxygens (including phenoxy) is 2. The van der Waals surface area contributed by atoms with Crippen molar-refractivity contribution in [2.45, 2.75) is 25.4 Å². The first-order valence-corrected chi connectivity index (χ1v) is 9.62. The lowest BCUT2D eigenvalue weighted by Crippen LogP contribution is -2.37. The van der Waals surface area contributed by atoms with Gasteiger partial charge in [0.25, 0.3) is 11.8 Å².